The van der Waals surface area contributed by atoms with E-state index in [1.54, 1.807) is 29.3 Å². The summed E-state index contributed by atoms with van der Waals surface area (Å²) >= 11 is 1.56. The minimum absolute atomic E-state index is 0. The second-order valence-electron chi connectivity index (χ2n) is 5.85. The molecule has 0 spiro atoms. The van der Waals surface area contributed by atoms with E-state index in [2.05, 4.69) is 10.00 Å². The standard InChI is InChI=1S/C16H22N4O3S.ClH/c1-18-10-12(15(17-18)23-2)16(22)20-7-5-19(6-8-20)11-13(21)14-4-3-9-24-14;/h3-4,9-10,13,21H,5-8,11H2,1-2H3;1H. The smallest absolute Gasteiger partial charge is 0.261 e. The molecule has 2 aromatic heterocycles. The van der Waals surface area contributed by atoms with Gasteiger partial charge >= 0.3 is 0 Å². The number of hydrogen-bond acceptors (Lipinski definition) is 6. The number of aliphatic hydroxyl groups excluding tert-OH is 1. The Bertz CT molecular complexity index is 684. The zero-order valence-corrected chi connectivity index (χ0v) is 15.9. The molecule has 0 saturated carbocycles. The number of aryl methyl sites for hydroxylation is 1. The van der Waals surface area contributed by atoms with Crippen LogP contribution in [0, 0.1) is 0 Å². The monoisotopic (exact) mass is 386 g/mol. The largest absolute Gasteiger partial charge is 0.479 e. The number of amides is 1. The molecule has 25 heavy (non-hydrogen) atoms. The van der Waals surface area contributed by atoms with Crippen molar-refractivity contribution in [2.75, 3.05) is 39.8 Å². The van der Waals surface area contributed by atoms with Gasteiger partial charge in [-0.2, -0.15) is 0 Å². The molecule has 0 aliphatic carbocycles. The summed E-state index contributed by atoms with van der Waals surface area (Å²) in [5.74, 6) is 0.302. The van der Waals surface area contributed by atoms with E-state index in [9.17, 15) is 9.90 Å². The quantitative estimate of drug-likeness (QED) is 0.841. The molecule has 0 radical (unpaired) electrons. The molecule has 3 rings (SSSR count). The topological polar surface area (TPSA) is 70.8 Å². The molecule has 1 fully saturated rings. The summed E-state index contributed by atoms with van der Waals surface area (Å²) in [6.45, 7) is 3.36. The fourth-order valence-electron chi connectivity index (χ4n) is 2.88. The third kappa shape index (κ3) is 4.52. The summed E-state index contributed by atoms with van der Waals surface area (Å²) < 4.78 is 6.75. The Hall–Kier alpha value is -1.61. The lowest BCUT2D eigenvalue weighted by atomic mass is 10.2. The summed E-state index contributed by atoms with van der Waals surface area (Å²) in [5, 5.41) is 16.3. The minimum Gasteiger partial charge on any atom is -0.479 e. The van der Waals surface area contributed by atoms with E-state index in [0.717, 1.165) is 18.0 Å². The van der Waals surface area contributed by atoms with Gasteiger partial charge in [-0.1, -0.05) is 6.07 Å². The molecule has 1 N–H and O–H groups in total. The second-order valence-corrected chi connectivity index (χ2v) is 6.83. The number of halogens is 1. The summed E-state index contributed by atoms with van der Waals surface area (Å²) in [5.41, 5.74) is 0.493. The molecule has 138 valence electrons. The molecule has 0 aromatic carbocycles. The Labute approximate surface area is 157 Å². The van der Waals surface area contributed by atoms with Crippen LogP contribution in [0.1, 0.15) is 21.3 Å². The molecule has 1 atom stereocenters. The first-order valence-electron chi connectivity index (χ1n) is 7.89. The second kappa shape index (κ2) is 8.66. The van der Waals surface area contributed by atoms with Gasteiger partial charge in [-0.05, 0) is 11.4 Å². The van der Waals surface area contributed by atoms with Crippen molar-refractivity contribution in [2.45, 2.75) is 6.10 Å². The number of aromatic nitrogens is 2. The van der Waals surface area contributed by atoms with Crippen LogP contribution in [0.2, 0.25) is 0 Å². The van der Waals surface area contributed by atoms with Gasteiger partial charge < -0.3 is 14.7 Å². The highest BCUT2D eigenvalue weighted by Crippen LogP contribution is 2.21. The SMILES string of the molecule is COc1nn(C)cc1C(=O)N1CCN(CC(O)c2cccs2)CC1.Cl. The molecular weight excluding hydrogens is 364 g/mol. The van der Waals surface area contributed by atoms with Gasteiger partial charge in [0.05, 0.1) is 7.11 Å². The van der Waals surface area contributed by atoms with Gasteiger partial charge in [0.15, 0.2) is 0 Å². The van der Waals surface area contributed by atoms with E-state index in [1.165, 1.54) is 7.11 Å². The van der Waals surface area contributed by atoms with Gasteiger partial charge in [-0.15, -0.1) is 28.8 Å². The maximum absolute atomic E-state index is 12.6. The van der Waals surface area contributed by atoms with Gasteiger partial charge in [0.2, 0.25) is 5.88 Å². The zero-order chi connectivity index (χ0) is 17.1. The summed E-state index contributed by atoms with van der Waals surface area (Å²) in [6.07, 6.45) is 1.22. The molecule has 1 aliphatic heterocycles. The van der Waals surface area contributed by atoms with Crippen LogP contribution in [0.4, 0.5) is 0 Å². The highest BCUT2D eigenvalue weighted by atomic mass is 35.5. The summed E-state index contributed by atoms with van der Waals surface area (Å²) in [4.78, 5) is 17.6. The minimum atomic E-state index is -0.467. The number of carbonyl (C=O) groups excluding carboxylic acids is 1. The summed E-state index contributed by atoms with van der Waals surface area (Å²) in [7, 11) is 3.28. The lowest BCUT2D eigenvalue weighted by Gasteiger charge is -2.35. The van der Waals surface area contributed by atoms with Gasteiger partial charge in [-0.3, -0.25) is 14.4 Å². The number of ether oxygens (including phenoxy) is 1. The Morgan fingerprint density at radius 3 is 2.72 bits per heavy atom. The van der Waals surface area contributed by atoms with Crippen molar-refractivity contribution in [1.82, 2.24) is 19.6 Å². The number of thiophene rings is 1. The van der Waals surface area contributed by atoms with Crippen molar-refractivity contribution in [3.63, 3.8) is 0 Å². The molecular formula is C16H23ClN4O3S. The average Bonchev–Trinajstić information content (AvgIpc) is 3.24. The highest BCUT2D eigenvalue weighted by Gasteiger charge is 2.27. The Morgan fingerprint density at radius 2 is 2.12 bits per heavy atom. The highest BCUT2D eigenvalue weighted by molar-refractivity contribution is 7.10. The van der Waals surface area contributed by atoms with Crippen LogP contribution in [0.25, 0.3) is 0 Å². The first-order chi connectivity index (χ1) is 11.6. The number of nitrogens with zero attached hydrogens (tertiary/aromatic N) is 4. The van der Waals surface area contributed by atoms with Crippen molar-refractivity contribution >= 4 is 29.7 Å². The normalized spacial score (nSPS) is 16.4. The first kappa shape index (κ1) is 19.7. The number of methoxy groups -OCH3 is 1. The molecule has 7 nitrogen and oxygen atoms in total. The predicted octanol–water partition coefficient (Wildman–Crippen LogP) is 1.40. The number of aliphatic hydroxyl groups is 1. The number of β-amino-alcohol motifs (C(OH)–C–C–N with tert-alkyl or cyclic N) is 1. The van der Waals surface area contributed by atoms with E-state index in [-0.39, 0.29) is 18.3 Å². The molecule has 2 aromatic rings. The molecule has 9 heteroatoms. The van der Waals surface area contributed by atoms with Crippen molar-refractivity contribution in [1.29, 1.82) is 0 Å². The van der Waals surface area contributed by atoms with Gasteiger partial charge in [0.1, 0.15) is 11.7 Å². The van der Waals surface area contributed by atoms with Gasteiger partial charge in [0, 0.05) is 50.8 Å². The van der Waals surface area contributed by atoms with Gasteiger partial charge in [-0.25, -0.2) is 0 Å². The Balaban J connectivity index is 0.00000225. The lowest BCUT2D eigenvalue weighted by molar-refractivity contribution is 0.0530. The maximum atomic E-state index is 12.6. The number of hydrogen-bond donors (Lipinski definition) is 1. The van der Waals surface area contributed by atoms with E-state index in [4.69, 9.17) is 4.74 Å². The molecule has 1 amide bonds. The fraction of sp³-hybridized carbons (Fsp3) is 0.500. The maximum Gasteiger partial charge on any atom is 0.261 e. The number of piperazine rings is 1. The first-order valence-corrected chi connectivity index (χ1v) is 8.77. The number of rotatable bonds is 5. The predicted molar refractivity (Wildman–Crippen MR) is 98.6 cm³/mol. The molecule has 1 saturated heterocycles. The van der Waals surface area contributed by atoms with Crippen molar-refractivity contribution < 1.29 is 14.6 Å². The Kier molecular flexibility index (Phi) is 6.83. The van der Waals surface area contributed by atoms with Crippen LogP contribution in [0.3, 0.4) is 0 Å². The molecule has 1 aliphatic rings. The molecule has 0 bridgehead atoms. The van der Waals surface area contributed by atoms with Crippen LogP contribution in [0.5, 0.6) is 5.88 Å². The molecule has 3 heterocycles. The fourth-order valence-corrected chi connectivity index (χ4v) is 3.59. The zero-order valence-electron chi connectivity index (χ0n) is 14.3. The van der Waals surface area contributed by atoms with E-state index < -0.39 is 6.10 Å². The summed E-state index contributed by atoms with van der Waals surface area (Å²) in [6, 6.07) is 3.89. The lowest BCUT2D eigenvalue weighted by Crippen LogP contribution is -2.49. The number of carbonyl (C=O) groups is 1. The van der Waals surface area contributed by atoms with Crippen molar-refractivity contribution in [2.24, 2.45) is 7.05 Å². The van der Waals surface area contributed by atoms with Crippen LogP contribution in [-0.2, 0) is 7.05 Å². The van der Waals surface area contributed by atoms with Crippen LogP contribution < -0.4 is 4.74 Å². The van der Waals surface area contributed by atoms with Crippen molar-refractivity contribution in [3.8, 4) is 5.88 Å². The van der Waals surface area contributed by atoms with E-state index in [1.807, 2.05) is 22.4 Å². The van der Waals surface area contributed by atoms with Crippen molar-refractivity contribution in [3.05, 3.63) is 34.2 Å². The van der Waals surface area contributed by atoms with Crippen LogP contribution in [-0.4, -0.2) is 70.4 Å². The average molecular weight is 387 g/mol. The van der Waals surface area contributed by atoms with E-state index in [0.29, 0.717) is 31.1 Å². The van der Waals surface area contributed by atoms with E-state index >= 15 is 0 Å². The third-order valence-corrected chi connectivity index (χ3v) is 5.15. The van der Waals surface area contributed by atoms with Crippen LogP contribution in [0.15, 0.2) is 23.7 Å². The van der Waals surface area contributed by atoms with Gasteiger partial charge in [0.25, 0.3) is 5.91 Å². The molecule has 1 unspecified atom stereocenters. The van der Waals surface area contributed by atoms with Crippen LogP contribution >= 0.6 is 23.7 Å². The third-order valence-electron chi connectivity index (χ3n) is 4.18. The Morgan fingerprint density at radius 1 is 1.40 bits per heavy atom.